The van der Waals surface area contributed by atoms with Gasteiger partial charge in [-0.3, -0.25) is 4.79 Å². The largest absolute Gasteiger partial charge is 0.478 e. The predicted molar refractivity (Wildman–Crippen MR) is 105 cm³/mol. The fourth-order valence-electron chi connectivity index (χ4n) is 4.17. The lowest BCUT2D eigenvalue weighted by atomic mass is 9.68. The SMILES string of the molecule is CCOc1ncccc1CNC(=O)C1(c2ccc3c(c2)OCO3)CCCCC1. The number of amides is 1. The summed E-state index contributed by atoms with van der Waals surface area (Å²) >= 11 is 0. The van der Waals surface area contributed by atoms with Crippen LogP contribution < -0.4 is 19.5 Å². The van der Waals surface area contributed by atoms with Crippen molar-refractivity contribution in [2.24, 2.45) is 0 Å². The van der Waals surface area contributed by atoms with E-state index in [1.807, 2.05) is 37.3 Å². The van der Waals surface area contributed by atoms with Crippen LogP contribution in [-0.2, 0) is 16.8 Å². The second-order valence-corrected chi connectivity index (χ2v) is 7.29. The predicted octanol–water partition coefficient (Wildman–Crippen LogP) is 3.73. The van der Waals surface area contributed by atoms with E-state index >= 15 is 0 Å². The van der Waals surface area contributed by atoms with Crippen LogP contribution in [0.4, 0.5) is 0 Å². The Labute approximate surface area is 165 Å². The third kappa shape index (κ3) is 3.51. The molecule has 1 N–H and O–H groups in total. The third-order valence-corrected chi connectivity index (χ3v) is 5.64. The Hall–Kier alpha value is -2.76. The minimum atomic E-state index is -0.535. The van der Waals surface area contributed by atoms with Crippen molar-refractivity contribution in [3.8, 4) is 17.4 Å². The zero-order valence-electron chi connectivity index (χ0n) is 16.2. The molecule has 4 rings (SSSR count). The minimum Gasteiger partial charge on any atom is -0.478 e. The fraction of sp³-hybridized carbons (Fsp3) is 0.455. The molecule has 2 aliphatic rings. The first-order valence-corrected chi connectivity index (χ1v) is 9.98. The third-order valence-electron chi connectivity index (χ3n) is 5.64. The summed E-state index contributed by atoms with van der Waals surface area (Å²) in [5.41, 5.74) is 1.35. The van der Waals surface area contributed by atoms with Gasteiger partial charge >= 0.3 is 0 Å². The van der Waals surface area contributed by atoms with Gasteiger partial charge in [0.05, 0.1) is 12.0 Å². The van der Waals surface area contributed by atoms with Crippen LogP contribution in [-0.4, -0.2) is 24.3 Å². The van der Waals surface area contributed by atoms with Crippen molar-refractivity contribution in [2.45, 2.75) is 51.0 Å². The minimum absolute atomic E-state index is 0.0531. The molecular formula is C22H26N2O4. The van der Waals surface area contributed by atoms with Crippen molar-refractivity contribution in [1.29, 1.82) is 0 Å². The molecule has 6 nitrogen and oxygen atoms in total. The van der Waals surface area contributed by atoms with Gasteiger partial charge in [-0.2, -0.15) is 0 Å². The van der Waals surface area contributed by atoms with Crippen molar-refractivity contribution in [1.82, 2.24) is 10.3 Å². The molecule has 0 spiro atoms. The number of benzene rings is 1. The molecule has 28 heavy (non-hydrogen) atoms. The molecule has 0 radical (unpaired) electrons. The molecule has 1 fully saturated rings. The zero-order valence-corrected chi connectivity index (χ0v) is 16.2. The highest BCUT2D eigenvalue weighted by molar-refractivity contribution is 5.88. The van der Waals surface area contributed by atoms with Crippen molar-refractivity contribution in [2.75, 3.05) is 13.4 Å². The Balaban J connectivity index is 1.57. The zero-order chi connectivity index (χ0) is 19.4. The summed E-state index contributed by atoms with van der Waals surface area (Å²) in [6.07, 6.45) is 6.62. The maximum atomic E-state index is 13.4. The Morgan fingerprint density at radius 1 is 1.18 bits per heavy atom. The van der Waals surface area contributed by atoms with Gasteiger partial charge in [0.2, 0.25) is 18.6 Å². The van der Waals surface area contributed by atoms with Gasteiger partial charge in [0, 0.05) is 18.3 Å². The van der Waals surface area contributed by atoms with Crippen LogP contribution in [0.15, 0.2) is 36.5 Å². The number of hydrogen-bond acceptors (Lipinski definition) is 5. The van der Waals surface area contributed by atoms with E-state index in [2.05, 4.69) is 10.3 Å². The molecule has 1 aliphatic carbocycles. The number of aromatic nitrogens is 1. The van der Waals surface area contributed by atoms with Crippen LogP contribution in [0.2, 0.25) is 0 Å². The van der Waals surface area contributed by atoms with E-state index in [0.717, 1.165) is 54.7 Å². The Morgan fingerprint density at radius 3 is 2.82 bits per heavy atom. The van der Waals surface area contributed by atoms with Gasteiger partial charge in [-0.1, -0.05) is 31.4 Å². The highest BCUT2D eigenvalue weighted by Crippen LogP contribution is 2.43. The molecule has 0 bridgehead atoms. The molecule has 0 saturated heterocycles. The van der Waals surface area contributed by atoms with Crippen molar-refractivity contribution in [3.05, 3.63) is 47.7 Å². The van der Waals surface area contributed by atoms with Gasteiger partial charge in [-0.05, 0) is 43.5 Å². The van der Waals surface area contributed by atoms with Crippen LogP contribution in [0.25, 0.3) is 0 Å². The summed E-state index contributed by atoms with van der Waals surface area (Å²) in [5, 5.41) is 3.14. The van der Waals surface area contributed by atoms with E-state index in [1.54, 1.807) is 6.20 Å². The Bertz CT molecular complexity index is 846. The Morgan fingerprint density at radius 2 is 2.00 bits per heavy atom. The first-order valence-electron chi connectivity index (χ1n) is 9.98. The number of fused-ring (bicyclic) bond motifs is 1. The molecule has 2 aromatic rings. The van der Waals surface area contributed by atoms with Crippen LogP contribution in [0.5, 0.6) is 17.4 Å². The molecule has 1 amide bonds. The molecule has 0 unspecified atom stereocenters. The van der Waals surface area contributed by atoms with Crippen LogP contribution >= 0.6 is 0 Å². The van der Waals surface area contributed by atoms with E-state index in [9.17, 15) is 4.79 Å². The molecule has 6 heteroatoms. The normalized spacial score (nSPS) is 17.2. The number of hydrogen-bond donors (Lipinski definition) is 1. The average Bonchev–Trinajstić information content (AvgIpc) is 3.21. The highest BCUT2D eigenvalue weighted by Gasteiger charge is 2.41. The van der Waals surface area contributed by atoms with Crippen LogP contribution in [0.1, 0.15) is 50.2 Å². The van der Waals surface area contributed by atoms with E-state index in [4.69, 9.17) is 14.2 Å². The van der Waals surface area contributed by atoms with E-state index < -0.39 is 5.41 Å². The van der Waals surface area contributed by atoms with Gasteiger partial charge in [0.1, 0.15) is 0 Å². The topological polar surface area (TPSA) is 69.7 Å². The number of pyridine rings is 1. The molecule has 1 aromatic carbocycles. The quantitative estimate of drug-likeness (QED) is 0.824. The first-order chi connectivity index (χ1) is 13.7. The number of rotatable bonds is 6. The van der Waals surface area contributed by atoms with Gasteiger partial charge in [0.15, 0.2) is 11.5 Å². The number of nitrogens with one attached hydrogen (secondary N) is 1. The van der Waals surface area contributed by atoms with E-state index in [-0.39, 0.29) is 12.7 Å². The highest BCUT2D eigenvalue weighted by atomic mass is 16.7. The summed E-state index contributed by atoms with van der Waals surface area (Å²) in [6.45, 7) is 3.10. The van der Waals surface area contributed by atoms with Gasteiger partial charge in [-0.25, -0.2) is 4.98 Å². The maximum absolute atomic E-state index is 13.4. The second kappa shape index (κ2) is 8.09. The summed E-state index contributed by atoms with van der Waals surface area (Å²) in [5.74, 6) is 2.09. The second-order valence-electron chi connectivity index (χ2n) is 7.29. The number of nitrogens with zero attached hydrogens (tertiary/aromatic N) is 1. The summed E-state index contributed by atoms with van der Waals surface area (Å²) in [7, 11) is 0. The fourth-order valence-corrected chi connectivity index (χ4v) is 4.17. The monoisotopic (exact) mass is 382 g/mol. The van der Waals surface area contributed by atoms with Gasteiger partial charge in [0.25, 0.3) is 0 Å². The summed E-state index contributed by atoms with van der Waals surface area (Å²) < 4.78 is 16.6. The lowest BCUT2D eigenvalue weighted by Gasteiger charge is -2.36. The van der Waals surface area contributed by atoms with E-state index in [1.165, 1.54) is 0 Å². The smallest absolute Gasteiger partial charge is 0.231 e. The molecular weight excluding hydrogens is 356 g/mol. The molecule has 1 saturated carbocycles. The molecule has 1 aromatic heterocycles. The van der Waals surface area contributed by atoms with Gasteiger partial charge < -0.3 is 19.5 Å². The average molecular weight is 382 g/mol. The summed E-state index contributed by atoms with van der Waals surface area (Å²) in [6, 6.07) is 9.69. The molecule has 0 atom stereocenters. The number of carbonyl (C=O) groups excluding carboxylic acids is 1. The molecule has 2 heterocycles. The first kappa shape index (κ1) is 18.6. The van der Waals surface area contributed by atoms with Crippen LogP contribution in [0.3, 0.4) is 0 Å². The van der Waals surface area contributed by atoms with Crippen molar-refractivity contribution < 1.29 is 19.0 Å². The van der Waals surface area contributed by atoms with Crippen molar-refractivity contribution in [3.63, 3.8) is 0 Å². The molecule has 148 valence electrons. The number of carbonyl (C=O) groups is 1. The maximum Gasteiger partial charge on any atom is 0.231 e. The standard InChI is InChI=1S/C22H26N2O4/c1-2-26-20-16(7-6-12-23-20)14-24-21(25)22(10-4-3-5-11-22)17-8-9-18-19(13-17)28-15-27-18/h6-9,12-13H,2-5,10-11,14-15H2,1H3,(H,24,25). The lowest BCUT2D eigenvalue weighted by Crippen LogP contribution is -2.45. The summed E-state index contributed by atoms with van der Waals surface area (Å²) in [4.78, 5) is 17.7. The number of ether oxygens (including phenoxy) is 3. The van der Waals surface area contributed by atoms with Gasteiger partial charge in [-0.15, -0.1) is 0 Å². The van der Waals surface area contributed by atoms with Crippen LogP contribution in [0, 0.1) is 0 Å². The Kier molecular flexibility index (Phi) is 5.37. The van der Waals surface area contributed by atoms with Crippen molar-refractivity contribution >= 4 is 5.91 Å². The lowest BCUT2D eigenvalue weighted by molar-refractivity contribution is -0.128. The van der Waals surface area contributed by atoms with E-state index in [0.29, 0.717) is 19.0 Å². The molecule has 1 aliphatic heterocycles.